The van der Waals surface area contributed by atoms with Gasteiger partial charge in [-0.1, -0.05) is 6.92 Å². The molecule has 34 heavy (non-hydrogen) atoms. The Bertz CT molecular complexity index is 1200. The van der Waals surface area contributed by atoms with Gasteiger partial charge in [0.15, 0.2) is 11.5 Å². The highest BCUT2D eigenvalue weighted by Crippen LogP contribution is 2.44. The summed E-state index contributed by atoms with van der Waals surface area (Å²) in [6, 6.07) is 7.32. The third-order valence-corrected chi connectivity index (χ3v) is 6.48. The molecule has 0 saturated heterocycles. The first-order valence-corrected chi connectivity index (χ1v) is 10.8. The fourth-order valence-corrected chi connectivity index (χ4v) is 4.41. The minimum atomic E-state index is -1.80. The molecule has 3 aromatic heterocycles. The van der Waals surface area contributed by atoms with Crippen molar-refractivity contribution in [1.29, 1.82) is 0 Å². The van der Waals surface area contributed by atoms with Gasteiger partial charge >= 0.3 is 0 Å². The van der Waals surface area contributed by atoms with Gasteiger partial charge in [-0.15, -0.1) is 0 Å². The van der Waals surface area contributed by atoms with Crippen molar-refractivity contribution < 1.29 is 23.8 Å². The Morgan fingerprint density at radius 1 is 1.26 bits per heavy atom. The molecule has 0 spiro atoms. The van der Waals surface area contributed by atoms with Gasteiger partial charge in [0.25, 0.3) is 5.91 Å². The van der Waals surface area contributed by atoms with Crippen molar-refractivity contribution in [3.05, 3.63) is 66.0 Å². The standard InChI is InChI=1S/C24H25F2N5O3/c1-13-9-14(10-20(32)24(13,34)12-25)15-6-8-28-11-19(15)31-23(33)22-17(27)4-5-18(30-22)21-16(26)3-2-7-29-21/h2-8,11,13-14,20,32,34H,9-10,12,27H2,1H3,(H,31,33)/t13-,14+,20+,24+/m1/s1. The van der Waals surface area contributed by atoms with Crippen molar-refractivity contribution in [3.8, 4) is 11.4 Å². The average Bonchev–Trinajstić information content (AvgIpc) is 2.83. The van der Waals surface area contributed by atoms with Crippen LogP contribution in [-0.4, -0.2) is 49.5 Å². The van der Waals surface area contributed by atoms with E-state index in [1.54, 1.807) is 19.2 Å². The lowest BCUT2D eigenvalue weighted by atomic mass is 9.68. The predicted molar refractivity (Wildman–Crippen MR) is 122 cm³/mol. The number of aliphatic hydroxyl groups excluding tert-OH is 1. The minimum absolute atomic E-state index is 0.0100. The maximum absolute atomic E-state index is 14.2. The van der Waals surface area contributed by atoms with Gasteiger partial charge in [0.1, 0.15) is 18.0 Å². The van der Waals surface area contributed by atoms with Crippen LogP contribution in [0.15, 0.2) is 48.9 Å². The molecular formula is C24H25F2N5O3. The zero-order valence-electron chi connectivity index (χ0n) is 18.4. The molecule has 0 aromatic carbocycles. The molecular weight excluding hydrogens is 444 g/mol. The summed E-state index contributed by atoms with van der Waals surface area (Å²) in [6.07, 6.45) is 3.69. The summed E-state index contributed by atoms with van der Waals surface area (Å²) in [6.45, 7) is 0.640. The second kappa shape index (κ2) is 9.40. The molecule has 0 unspecified atom stereocenters. The molecule has 1 saturated carbocycles. The molecule has 0 radical (unpaired) electrons. The summed E-state index contributed by atoms with van der Waals surface area (Å²) in [5, 5.41) is 23.6. The third kappa shape index (κ3) is 4.34. The van der Waals surface area contributed by atoms with Crippen LogP contribution in [0.4, 0.5) is 20.2 Å². The molecule has 1 amide bonds. The highest BCUT2D eigenvalue weighted by atomic mass is 19.1. The largest absolute Gasteiger partial charge is 0.397 e. The SMILES string of the molecule is C[C@@H]1C[C@H](c2ccncc2NC(=O)c2nc(-c3ncccc3F)ccc2N)C[C@H](O)[C@]1(O)CF. The van der Waals surface area contributed by atoms with Crippen molar-refractivity contribution >= 4 is 17.3 Å². The fourth-order valence-electron chi connectivity index (χ4n) is 4.41. The van der Waals surface area contributed by atoms with Crippen LogP contribution in [0.1, 0.15) is 41.7 Å². The van der Waals surface area contributed by atoms with E-state index in [0.29, 0.717) is 17.7 Å². The molecule has 10 heteroatoms. The van der Waals surface area contributed by atoms with E-state index in [1.807, 2.05) is 0 Å². The smallest absolute Gasteiger partial charge is 0.276 e. The number of pyridine rings is 3. The number of amides is 1. The number of halogens is 2. The van der Waals surface area contributed by atoms with Gasteiger partial charge in [-0.05, 0) is 60.6 Å². The number of hydrogen-bond donors (Lipinski definition) is 4. The Labute approximate surface area is 194 Å². The van der Waals surface area contributed by atoms with Crippen LogP contribution in [0.5, 0.6) is 0 Å². The Balaban J connectivity index is 1.61. The Morgan fingerprint density at radius 2 is 2.06 bits per heavy atom. The van der Waals surface area contributed by atoms with Crippen LogP contribution < -0.4 is 11.1 Å². The second-order valence-corrected chi connectivity index (χ2v) is 8.60. The van der Waals surface area contributed by atoms with Crippen LogP contribution in [-0.2, 0) is 0 Å². The maximum atomic E-state index is 14.2. The molecule has 8 nitrogen and oxygen atoms in total. The number of carbonyl (C=O) groups is 1. The number of nitrogens with zero attached hydrogens (tertiary/aromatic N) is 3. The van der Waals surface area contributed by atoms with Crippen molar-refractivity contribution in [2.24, 2.45) is 5.92 Å². The molecule has 3 aromatic rings. The van der Waals surface area contributed by atoms with Crippen molar-refractivity contribution in [1.82, 2.24) is 15.0 Å². The summed E-state index contributed by atoms with van der Waals surface area (Å²) < 4.78 is 27.6. The molecule has 1 aliphatic carbocycles. The van der Waals surface area contributed by atoms with E-state index in [9.17, 15) is 23.8 Å². The van der Waals surface area contributed by atoms with E-state index in [1.165, 1.54) is 36.7 Å². The van der Waals surface area contributed by atoms with Gasteiger partial charge in [-0.2, -0.15) is 0 Å². The zero-order valence-corrected chi connectivity index (χ0v) is 18.4. The Hall–Kier alpha value is -3.50. The normalized spacial score (nSPS) is 24.6. The Morgan fingerprint density at radius 3 is 2.76 bits per heavy atom. The second-order valence-electron chi connectivity index (χ2n) is 8.60. The predicted octanol–water partition coefficient (Wildman–Crippen LogP) is 3.09. The number of carbonyl (C=O) groups excluding carboxylic acids is 1. The summed E-state index contributed by atoms with van der Waals surface area (Å²) in [5.74, 6) is -1.98. The number of hydrogen-bond acceptors (Lipinski definition) is 7. The van der Waals surface area contributed by atoms with Crippen molar-refractivity contribution in [3.63, 3.8) is 0 Å². The van der Waals surface area contributed by atoms with E-state index in [2.05, 4.69) is 20.3 Å². The van der Waals surface area contributed by atoms with Crippen LogP contribution >= 0.6 is 0 Å². The molecule has 178 valence electrons. The molecule has 3 heterocycles. The molecule has 4 rings (SSSR count). The average molecular weight is 469 g/mol. The molecule has 4 atom stereocenters. The van der Waals surface area contributed by atoms with Crippen LogP contribution in [0.2, 0.25) is 0 Å². The zero-order chi connectivity index (χ0) is 24.5. The lowest BCUT2D eigenvalue weighted by molar-refractivity contribution is -0.146. The third-order valence-electron chi connectivity index (χ3n) is 6.48. The Kier molecular flexibility index (Phi) is 6.54. The quantitative estimate of drug-likeness (QED) is 0.451. The van der Waals surface area contributed by atoms with E-state index in [0.717, 1.165) is 0 Å². The molecule has 1 fully saturated rings. The van der Waals surface area contributed by atoms with Crippen molar-refractivity contribution in [2.75, 3.05) is 17.7 Å². The summed E-state index contributed by atoms with van der Waals surface area (Å²) in [4.78, 5) is 25.4. The molecule has 5 N–H and O–H groups in total. The number of rotatable bonds is 5. The van der Waals surface area contributed by atoms with E-state index in [4.69, 9.17) is 5.73 Å². The first kappa shape index (κ1) is 23.7. The first-order valence-electron chi connectivity index (χ1n) is 10.8. The fraction of sp³-hybridized carbons (Fsp3) is 0.333. The van der Waals surface area contributed by atoms with Gasteiger partial charge in [-0.25, -0.2) is 13.8 Å². The summed E-state index contributed by atoms with van der Waals surface area (Å²) in [7, 11) is 0. The number of alkyl halides is 1. The molecule has 0 bridgehead atoms. The highest BCUT2D eigenvalue weighted by Gasteiger charge is 2.47. The number of nitrogens with one attached hydrogen (secondary N) is 1. The number of nitrogens with two attached hydrogens (primary N) is 1. The van der Waals surface area contributed by atoms with Gasteiger partial charge in [0.05, 0.1) is 29.4 Å². The van der Waals surface area contributed by atoms with Crippen LogP contribution in [0.3, 0.4) is 0 Å². The van der Waals surface area contributed by atoms with E-state index < -0.39 is 36.0 Å². The lowest BCUT2D eigenvalue weighted by Gasteiger charge is -2.43. The molecule has 1 aliphatic rings. The minimum Gasteiger partial charge on any atom is -0.397 e. The number of anilines is 2. The first-order chi connectivity index (χ1) is 16.2. The van der Waals surface area contributed by atoms with Gasteiger partial charge in [-0.3, -0.25) is 14.8 Å². The number of nitrogen functional groups attached to an aromatic ring is 1. The van der Waals surface area contributed by atoms with E-state index >= 15 is 0 Å². The summed E-state index contributed by atoms with van der Waals surface area (Å²) in [5.41, 5.74) is 5.36. The monoisotopic (exact) mass is 469 g/mol. The van der Waals surface area contributed by atoms with Crippen molar-refractivity contribution in [2.45, 2.75) is 37.4 Å². The van der Waals surface area contributed by atoms with Gasteiger partial charge < -0.3 is 21.3 Å². The number of aromatic nitrogens is 3. The van der Waals surface area contributed by atoms with Crippen LogP contribution in [0, 0.1) is 11.7 Å². The maximum Gasteiger partial charge on any atom is 0.276 e. The van der Waals surface area contributed by atoms with E-state index in [-0.39, 0.29) is 35.1 Å². The number of aliphatic hydroxyl groups is 2. The van der Waals surface area contributed by atoms with Gasteiger partial charge in [0.2, 0.25) is 0 Å². The summed E-state index contributed by atoms with van der Waals surface area (Å²) >= 11 is 0. The van der Waals surface area contributed by atoms with Crippen LogP contribution in [0.25, 0.3) is 11.4 Å². The van der Waals surface area contributed by atoms with Gasteiger partial charge in [0, 0.05) is 12.4 Å². The lowest BCUT2D eigenvalue weighted by Crippen LogP contribution is -2.53. The molecule has 0 aliphatic heterocycles. The topological polar surface area (TPSA) is 134 Å². The highest BCUT2D eigenvalue weighted by molar-refractivity contribution is 6.06.